The van der Waals surface area contributed by atoms with Crippen LogP contribution in [0.25, 0.3) is 0 Å². The maximum atomic E-state index is 5.60. The van der Waals surface area contributed by atoms with Gasteiger partial charge in [0.1, 0.15) is 0 Å². The molecule has 0 spiro atoms. The third-order valence-electron chi connectivity index (χ3n) is 3.03. The maximum absolute atomic E-state index is 5.60. The average Bonchev–Trinajstić information content (AvgIpc) is 2.76. The summed E-state index contributed by atoms with van der Waals surface area (Å²) in [7, 11) is 2.01. The molecule has 0 aliphatic carbocycles. The van der Waals surface area contributed by atoms with Crippen molar-refractivity contribution in [3.05, 3.63) is 0 Å². The summed E-state index contributed by atoms with van der Waals surface area (Å²) < 4.78 is 11.0. The molecule has 90 valence electrons. The second-order valence-corrected chi connectivity index (χ2v) is 4.21. The molecule has 0 amide bonds. The van der Waals surface area contributed by atoms with Crippen molar-refractivity contribution in [3.8, 4) is 0 Å². The molecule has 1 fully saturated rings. The molecule has 2 atom stereocenters. The second-order valence-electron chi connectivity index (χ2n) is 4.21. The van der Waals surface area contributed by atoms with E-state index in [1.54, 1.807) is 0 Å². The van der Waals surface area contributed by atoms with E-state index in [2.05, 4.69) is 5.32 Å². The molecule has 0 aromatic carbocycles. The topological polar surface area (TPSA) is 30.5 Å². The zero-order valence-electron chi connectivity index (χ0n) is 10.1. The van der Waals surface area contributed by atoms with E-state index in [0.717, 1.165) is 19.8 Å². The van der Waals surface area contributed by atoms with Crippen LogP contribution in [-0.2, 0) is 9.47 Å². The van der Waals surface area contributed by atoms with Crippen LogP contribution in [0.1, 0.15) is 39.0 Å². The van der Waals surface area contributed by atoms with Gasteiger partial charge in [0.05, 0.1) is 12.7 Å². The molecule has 1 N–H and O–H groups in total. The minimum atomic E-state index is 0.506. The Morgan fingerprint density at radius 2 is 2.40 bits per heavy atom. The van der Waals surface area contributed by atoms with E-state index in [1.165, 1.54) is 32.1 Å². The van der Waals surface area contributed by atoms with Gasteiger partial charge in [-0.25, -0.2) is 0 Å². The second kappa shape index (κ2) is 8.08. The van der Waals surface area contributed by atoms with Gasteiger partial charge in [0.25, 0.3) is 0 Å². The summed E-state index contributed by atoms with van der Waals surface area (Å²) in [6.07, 6.45) is 6.69. The van der Waals surface area contributed by atoms with Crippen molar-refractivity contribution < 1.29 is 9.47 Å². The van der Waals surface area contributed by atoms with Gasteiger partial charge in [-0.15, -0.1) is 0 Å². The molecule has 0 aromatic rings. The van der Waals surface area contributed by atoms with E-state index >= 15 is 0 Å². The molecule has 15 heavy (non-hydrogen) atoms. The van der Waals surface area contributed by atoms with E-state index < -0.39 is 0 Å². The lowest BCUT2D eigenvalue weighted by molar-refractivity contribution is 0.0956. The minimum absolute atomic E-state index is 0.506. The van der Waals surface area contributed by atoms with Gasteiger partial charge in [-0.05, 0) is 46.1 Å². The van der Waals surface area contributed by atoms with Crippen molar-refractivity contribution in [2.24, 2.45) is 0 Å². The molecule has 0 aromatic heterocycles. The third-order valence-corrected chi connectivity index (χ3v) is 3.03. The van der Waals surface area contributed by atoms with Crippen LogP contribution in [-0.4, -0.2) is 39.0 Å². The van der Waals surface area contributed by atoms with Crippen molar-refractivity contribution in [2.75, 3.05) is 26.9 Å². The minimum Gasteiger partial charge on any atom is -0.380 e. The van der Waals surface area contributed by atoms with Crippen molar-refractivity contribution in [1.82, 2.24) is 5.32 Å². The first-order chi connectivity index (χ1) is 7.36. The summed E-state index contributed by atoms with van der Waals surface area (Å²) in [5.41, 5.74) is 0. The maximum Gasteiger partial charge on any atom is 0.0619 e. The fourth-order valence-electron chi connectivity index (χ4n) is 2.04. The fraction of sp³-hybridized carbons (Fsp3) is 1.00. The SMILES string of the molecule is CCOCC(CCCC1CCCO1)NC. The third kappa shape index (κ3) is 5.50. The predicted octanol–water partition coefficient (Wildman–Crippen LogP) is 1.96. The van der Waals surface area contributed by atoms with Crippen LogP contribution in [0.4, 0.5) is 0 Å². The number of nitrogens with one attached hydrogen (secondary N) is 1. The van der Waals surface area contributed by atoms with Gasteiger partial charge in [0.2, 0.25) is 0 Å². The smallest absolute Gasteiger partial charge is 0.0619 e. The van der Waals surface area contributed by atoms with Crippen molar-refractivity contribution in [2.45, 2.75) is 51.2 Å². The number of hydrogen-bond acceptors (Lipinski definition) is 3. The predicted molar refractivity (Wildman–Crippen MR) is 62.2 cm³/mol. The van der Waals surface area contributed by atoms with Gasteiger partial charge < -0.3 is 14.8 Å². The lowest BCUT2D eigenvalue weighted by atomic mass is 10.1. The van der Waals surface area contributed by atoms with Crippen LogP contribution in [0.2, 0.25) is 0 Å². The van der Waals surface area contributed by atoms with E-state index in [4.69, 9.17) is 9.47 Å². The normalized spacial score (nSPS) is 23.2. The summed E-state index contributed by atoms with van der Waals surface area (Å²) in [6.45, 7) is 4.65. The number of ether oxygens (including phenoxy) is 2. The summed E-state index contributed by atoms with van der Waals surface area (Å²) in [6, 6.07) is 0.506. The molecule has 0 radical (unpaired) electrons. The summed E-state index contributed by atoms with van der Waals surface area (Å²) >= 11 is 0. The largest absolute Gasteiger partial charge is 0.380 e. The first-order valence-electron chi connectivity index (χ1n) is 6.23. The van der Waals surface area contributed by atoms with Crippen LogP contribution in [0.5, 0.6) is 0 Å². The van der Waals surface area contributed by atoms with E-state index in [9.17, 15) is 0 Å². The van der Waals surface area contributed by atoms with Crippen molar-refractivity contribution in [1.29, 1.82) is 0 Å². The van der Waals surface area contributed by atoms with Crippen LogP contribution in [0.3, 0.4) is 0 Å². The van der Waals surface area contributed by atoms with Gasteiger partial charge in [-0.1, -0.05) is 0 Å². The summed E-state index contributed by atoms with van der Waals surface area (Å²) in [5.74, 6) is 0. The molecule has 3 nitrogen and oxygen atoms in total. The summed E-state index contributed by atoms with van der Waals surface area (Å²) in [5, 5.41) is 3.30. The Morgan fingerprint density at radius 1 is 1.53 bits per heavy atom. The number of rotatable bonds is 8. The average molecular weight is 215 g/mol. The van der Waals surface area contributed by atoms with Gasteiger partial charge >= 0.3 is 0 Å². The Hall–Kier alpha value is -0.120. The quantitative estimate of drug-likeness (QED) is 0.671. The molecule has 0 bridgehead atoms. The Morgan fingerprint density at radius 3 is 3.00 bits per heavy atom. The van der Waals surface area contributed by atoms with Crippen LogP contribution < -0.4 is 5.32 Å². The Kier molecular flexibility index (Phi) is 6.98. The van der Waals surface area contributed by atoms with E-state index in [0.29, 0.717) is 12.1 Å². The van der Waals surface area contributed by atoms with E-state index in [1.807, 2.05) is 14.0 Å². The van der Waals surface area contributed by atoms with Gasteiger partial charge in [0, 0.05) is 19.3 Å². The van der Waals surface area contributed by atoms with Gasteiger partial charge in [-0.3, -0.25) is 0 Å². The van der Waals surface area contributed by atoms with Gasteiger partial charge in [0.15, 0.2) is 0 Å². The van der Waals surface area contributed by atoms with Crippen molar-refractivity contribution >= 4 is 0 Å². The van der Waals surface area contributed by atoms with Crippen LogP contribution in [0.15, 0.2) is 0 Å². The Bertz CT molecular complexity index is 147. The Balaban J connectivity index is 2.00. The molecule has 0 saturated carbocycles. The van der Waals surface area contributed by atoms with Crippen molar-refractivity contribution in [3.63, 3.8) is 0 Å². The molecule has 1 aliphatic rings. The zero-order chi connectivity index (χ0) is 10.9. The highest BCUT2D eigenvalue weighted by Crippen LogP contribution is 2.18. The molecule has 1 rings (SSSR count). The van der Waals surface area contributed by atoms with Crippen LogP contribution in [0, 0.1) is 0 Å². The molecule has 1 aliphatic heterocycles. The fourth-order valence-corrected chi connectivity index (χ4v) is 2.04. The highest BCUT2D eigenvalue weighted by Gasteiger charge is 2.15. The molecule has 2 unspecified atom stereocenters. The monoisotopic (exact) mass is 215 g/mol. The zero-order valence-corrected chi connectivity index (χ0v) is 10.1. The first-order valence-corrected chi connectivity index (χ1v) is 6.23. The highest BCUT2D eigenvalue weighted by molar-refractivity contribution is 4.68. The number of likely N-dealkylation sites (N-methyl/N-ethyl adjacent to an activating group) is 1. The standard InChI is InChI=1S/C12H25NO2/c1-3-14-10-11(13-2)6-4-7-12-8-5-9-15-12/h11-13H,3-10H2,1-2H3. The molecule has 1 saturated heterocycles. The van der Waals surface area contributed by atoms with E-state index in [-0.39, 0.29) is 0 Å². The summed E-state index contributed by atoms with van der Waals surface area (Å²) in [4.78, 5) is 0. The molecule has 3 heteroatoms. The molecular weight excluding hydrogens is 190 g/mol. The Labute approximate surface area is 93.5 Å². The number of hydrogen-bond donors (Lipinski definition) is 1. The van der Waals surface area contributed by atoms with Crippen LogP contribution >= 0.6 is 0 Å². The lowest BCUT2D eigenvalue weighted by Gasteiger charge is -2.16. The molecule has 1 heterocycles. The lowest BCUT2D eigenvalue weighted by Crippen LogP contribution is -2.30. The first kappa shape index (κ1) is 12.9. The molecular formula is C12H25NO2. The van der Waals surface area contributed by atoms with Gasteiger partial charge in [-0.2, -0.15) is 0 Å². The highest BCUT2D eigenvalue weighted by atomic mass is 16.5.